The number of rotatable bonds is 4. The Balaban J connectivity index is 1.84. The summed E-state index contributed by atoms with van der Waals surface area (Å²) in [5.74, 6) is 0.310. The summed E-state index contributed by atoms with van der Waals surface area (Å²) in [4.78, 5) is 23.2. The van der Waals surface area contributed by atoms with Gasteiger partial charge in [0.2, 0.25) is 5.95 Å². The molecule has 8 heteroatoms. The van der Waals surface area contributed by atoms with Gasteiger partial charge in [-0.15, -0.1) is 0 Å². The molecule has 0 spiro atoms. The van der Waals surface area contributed by atoms with Crippen molar-refractivity contribution in [1.82, 2.24) is 9.97 Å². The molecular formula is C19H24N4O3S. The van der Waals surface area contributed by atoms with Gasteiger partial charge in [-0.25, -0.2) is 18.4 Å². The number of nitrogens with zero attached hydrogens (tertiary/aromatic N) is 3. The molecule has 1 unspecified atom stereocenters. The minimum atomic E-state index is -3.01. The average Bonchev–Trinajstić information content (AvgIpc) is 2.97. The number of anilines is 2. The van der Waals surface area contributed by atoms with Crippen molar-refractivity contribution in [3.8, 4) is 0 Å². The highest BCUT2D eigenvalue weighted by Gasteiger charge is 2.32. The van der Waals surface area contributed by atoms with Gasteiger partial charge in [0.25, 0.3) is 5.91 Å². The average molecular weight is 388 g/mol. The number of carbonyl (C=O) groups is 1. The summed E-state index contributed by atoms with van der Waals surface area (Å²) < 4.78 is 23.5. The molecule has 0 saturated carbocycles. The number of carbonyl (C=O) groups excluding carboxylic acids is 1. The van der Waals surface area contributed by atoms with Crippen LogP contribution in [0.4, 0.5) is 11.6 Å². The van der Waals surface area contributed by atoms with E-state index in [-0.39, 0.29) is 29.1 Å². The van der Waals surface area contributed by atoms with E-state index in [4.69, 9.17) is 0 Å². The summed E-state index contributed by atoms with van der Waals surface area (Å²) in [5, 5.41) is 2.90. The Morgan fingerprint density at radius 1 is 1.22 bits per heavy atom. The molecule has 0 bridgehead atoms. The van der Waals surface area contributed by atoms with Crippen LogP contribution < -0.4 is 10.2 Å². The smallest absolute Gasteiger partial charge is 0.274 e. The van der Waals surface area contributed by atoms with Crippen molar-refractivity contribution in [3.63, 3.8) is 0 Å². The van der Waals surface area contributed by atoms with Gasteiger partial charge in [0.05, 0.1) is 11.5 Å². The van der Waals surface area contributed by atoms with Crippen molar-refractivity contribution < 1.29 is 13.2 Å². The Bertz CT molecular complexity index is 988. The van der Waals surface area contributed by atoms with Crippen LogP contribution >= 0.6 is 0 Å². The Morgan fingerprint density at radius 3 is 2.63 bits per heavy atom. The fraction of sp³-hybridized carbons (Fsp3) is 0.421. The first-order valence-electron chi connectivity index (χ1n) is 8.83. The van der Waals surface area contributed by atoms with Gasteiger partial charge in [0, 0.05) is 24.5 Å². The van der Waals surface area contributed by atoms with Crippen LogP contribution in [0.25, 0.3) is 0 Å². The minimum absolute atomic E-state index is 0.0881. The molecule has 2 heterocycles. The lowest BCUT2D eigenvalue weighted by Gasteiger charge is -2.24. The first-order chi connectivity index (χ1) is 12.7. The molecule has 1 amide bonds. The van der Waals surface area contributed by atoms with Gasteiger partial charge >= 0.3 is 0 Å². The van der Waals surface area contributed by atoms with Gasteiger partial charge in [-0.3, -0.25) is 4.79 Å². The molecule has 1 atom stereocenters. The summed E-state index contributed by atoms with van der Waals surface area (Å²) in [5.41, 5.74) is 3.75. The second-order valence-electron chi connectivity index (χ2n) is 7.06. The monoisotopic (exact) mass is 388 g/mol. The van der Waals surface area contributed by atoms with Crippen LogP contribution in [-0.2, 0) is 9.84 Å². The quantitative estimate of drug-likeness (QED) is 0.864. The van der Waals surface area contributed by atoms with Crippen molar-refractivity contribution in [3.05, 3.63) is 46.8 Å². The van der Waals surface area contributed by atoms with Gasteiger partial charge in [-0.2, -0.15) is 0 Å². The summed E-state index contributed by atoms with van der Waals surface area (Å²) >= 11 is 0. The van der Waals surface area contributed by atoms with Crippen molar-refractivity contribution in [2.75, 3.05) is 28.8 Å². The predicted octanol–water partition coefficient (Wildman–Crippen LogP) is 2.28. The number of aryl methyl sites for hydroxylation is 2. The fourth-order valence-electron chi connectivity index (χ4n) is 3.14. The highest BCUT2D eigenvalue weighted by Crippen LogP contribution is 2.22. The number of hydrogen-bond donors (Lipinski definition) is 1. The van der Waals surface area contributed by atoms with Crippen LogP contribution in [-0.4, -0.2) is 48.9 Å². The summed E-state index contributed by atoms with van der Waals surface area (Å²) in [6.45, 7) is 5.73. The molecule has 7 nitrogen and oxygen atoms in total. The van der Waals surface area contributed by atoms with Gasteiger partial charge in [0.1, 0.15) is 5.69 Å². The van der Waals surface area contributed by atoms with E-state index in [1.54, 1.807) is 24.9 Å². The van der Waals surface area contributed by atoms with E-state index in [1.807, 2.05) is 32.0 Å². The third-order valence-electron chi connectivity index (χ3n) is 5.00. The van der Waals surface area contributed by atoms with Crippen LogP contribution in [0.15, 0.2) is 24.3 Å². The van der Waals surface area contributed by atoms with E-state index in [0.717, 1.165) is 16.8 Å². The number of aromatic nitrogens is 2. The summed E-state index contributed by atoms with van der Waals surface area (Å²) in [6, 6.07) is 7.19. The van der Waals surface area contributed by atoms with Crippen LogP contribution in [0.3, 0.4) is 0 Å². The fourth-order valence-corrected chi connectivity index (χ4v) is 4.92. The normalized spacial score (nSPS) is 18.3. The summed E-state index contributed by atoms with van der Waals surface area (Å²) in [6.07, 6.45) is 0.542. The first-order valence-corrected chi connectivity index (χ1v) is 10.6. The Kier molecular flexibility index (Phi) is 5.19. The van der Waals surface area contributed by atoms with Crippen LogP contribution in [0, 0.1) is 20.8 Å². The zero-order valence-corrected chi connectivity index (χ0v) is 16.8. The van der Waals surface area contributed by atoms with Crippen LogP contribution in [0.5, 0.6) is 0 Å². The van der Waals surface area contributed by atoms with Crippen molar-refractivity contribution in [2.24, 2.45) is 0 Å². The van der Waals surface area contributed by atoms with E-state index in [2.05, 4.69) is 15.3 Å². The van der Waals surface area contributed by atoms with E-state index in [0.29, 0.717) is 18.1 Å². The number of amides is 1. The second kappa shape index (κ2) is 7.26. The van der Waals surface area contributed by atoms with Gasteiger partial charge in [-0.05, 0) is 50.5 Å². The maximum atomic E-state index is 12.7. The highest BCUT2D eigenvalue weighted by molar-refractivity contribution is 7.91. The molecule has 27 heavy (non-hydrogen) atoms. The molecule has 1 aliphatic heterocycles. The molecule has 2 aromatic rings. The van der Waals surface area contributed by atoms with E-state index in [9.17, 15) is 13.2 Å². The van der Waals surface area contributed by atoms with Crippen molar-refractivity contribution >= 4 is 27.4 Å². The molecule has 0 aliphatic carbocycles. The van der Waals surface area contributed by atoms with Gasteiger partial charge in [0.15, 0.2) is 9.84 Å². The van der Waals surface area contributed by atoms with E-state index in [1.165, 1.54) is 0 Å². The SMILES string of the molecule is Cc1cc(C(=O)Nc2cccc(C)c2C)nc(N(C)C2CCS(=O)(=O)C2)n1. The van der Waals surface area contributed by atoms with Crippen molar-refractivity contribution in [2.45, 2.75) is 33.2 Å². The largest absolute Gasteiger partial charge is 0.340 e. The molecule has 1 saturated heterocycles. The number of sulfone groups is 1. The van der Waals surface area contributed by atoms with Gasteiger partial charge in [-0.1, -0.05) is 12.1 Å². The first kappa shape index (κ1) is 19.3. The Morgan fingerprint density at radius 2 is 1.96 bits per heavy atom. The standard InChI is InChI=1S/C19H24N4O3S/c1-12-6-5-7-16(14(12)3)21-18(24)17-10-13(2)20-19(22-17)23(4)15-8-9-27(25,26)11-15/h5-7,10,15H,8-9,11H2,1-4H3,(H,21,24). The van der Waals surface area contributed by atoms with E-state index < -0.39 is 9.84 Å². The second-order valence-corrected chi connectivity index (χ2v) is 9.29. The third kappa shape index (κ3) is 4.27. The van der Waals surface area contributed by atoms with Crippen LogP contribution in [0.2, 0.25) is 0 Å². The molecule has 1 aliphatic rings. The third-order valence-corrected chi connectivity index (χ3v) is 6.75. The zero-order chi connectivity index (χ0) is 19.8. The molecule has 1 aromatic heterocycles. The maximum absolute atomic E-state index is 12.7. The highest BCUT2D eigenvalue weighted by atomic mass is 32.2. The maximum Gasteiger partial charge on any atom is 0.274 e. The molecule has 1 N–H and O–H groups in total. The predicted molar refractivity (Wildman–Crippen MR) is 106 cm³/mol. The van der Waals surface area contributed by atoms with Crippen LogP contribution in [0.1, 0.15) is 33.7 Å². The molecule has 0 radical (unpaired) electrons. The van der Waals surface area contributed by atoms with E-state index >= 15 is 0 Å². The van der Waals surface area contributed by atoms with Crippen molar-refractivity contribution in [1.29, 1.82) is 0 Å². The van der Waals surface area contributed by atoms with Gasteiger partial charge < -0.3 is 10.2 Å². The molecular weight excluding hydrogens is 364 g/mol. The number of hydrogen-bond acceptors (Lipinski definition) is 6. The number of benzene rings is 1. The lowest BCUT2D eigenvalue weighted by Crippen LogP contribution is -2.34. The molecule has 3 rings (SSSR count). The summed E-state index contributed by atoms with van der Waals surface area (Å²) in [7, 11) is -1.24. The zero-order valence-electron chi connectivity index (χ0n) is 16.0. The molecule has 144 valence electrons. The Labute approximate surface area is 159 Å². The topological polar surface area (TPSA) is 92.3 Å². The molecule has 1 fully saturated rings. The molecule has 1 aromatic carbocycles. The minimum Gasteiger partial charge on any atom is -0.340 e. The number of nitrogens with one attached hydrogen (secondary N) is 1. The lowest BCUT2D eigenvalue weighted by molar-refractivity contribution is 0.102. The Hall–Kier alpha value is -2.48. The lowest BCUT2D eigenvalue weighted by atomic mass is 10.1.